The molecule has 0 unspecified atom stereocenters. The SMILES string of the molecule is C[C@]12CC[C@H](NC(=O)CCCCCCCCC(=O)NO)CC1=CC[C@@H]1[C@@H]2CC[C@]2(C)C(c3cccnc3)=CC[C@@H]12. The van der Waals surface area contributed by atoms with Crippen molar-refractivity contribution in [3.63, 3.8) is 0 Å². The Kier molecular flexibility index (Phi) is 9.14. The van der Waals surface area contributed by atoms with Gasteiger partial charge in [0.1, 0.15) is 0 Å². The fourth-order valence-corrected chi connectivity index (χ4v) is 8.96. The quantitative estimate of drug-likeness (QED) is 0.119. The lowest BCUT2D eigenvalue weighted by Gasteiger charge is -2.58. The molecule has 40 heavy (non-hydrogen) atoms. The number of carbonyl (C=O) groups excluding carboxylic acids is 2. The Balaban J connectivity index is 1.09. The zero-order valence-electron chi connectivity index (χ0n) is 24.6. The van der Waals surface area contributed by atoms with Crippen LogP contribution in [-0.2, 0) is 9.59 Å². The lowest BCUT2D eigenvalue weighted by molar-refractivity contribution is -0.129. The van der Waals surface area contributed by atoms with Crippen LogP contribution in [0.4, 0.5) is 0 Å². The van der Waals surface area contributed by atoms with Crippen LogP contribution in [0.15, 0.2) is 42.3 Å². The van der Waals surface area contributed by atoms with Gasteiger partial charge in [-0.25, -0.2) is 5.48 Å². The van der Waals surface area contributed by atoms with Gasteiger partial charge < -0.3 is 5.32 Å². The second-order valence-electron chi connectivity index (χ2n) is 13.5. The van der Waals surface area contributed by atoms with Crippen molar-refractivity contribution in [1.82, 2.24) is 15.8 Å². The number of hydrogen-bond donors (Lipinski definition) is 3. The molecule has 3 N–H and O–H groups in total. The van der Waals surface area contributed by atoms with Crippen molar-refractivity contribution < 1.29 is 14.8 Å². The Morgan fingerprint density at radius 3 is 2.38 bits per heavy atom. The Hall–Kier alpha value is -2.47. The van der Waals surface area contributed by atoms with Gasteiger partial charge in [0.25, 0.3) is 0 Å². The molecule has 2 amide bonds. The molecule has 0 bridgehead atoms. The fraction of sp³-hybridized carbons (Fsp3) is 0.676. The Morgan fingerprint density at radius 2 is 1.65 bits per heavy atom. The highest BCUT2D eigenvalue weighted by Crippen LogP contribution is 2.66. The number of allylic oxidation sites excluding steroid dienone is 3. The van der Waals surface area contributed by atoms with Crippen molar-refractivity contribution in [1.29, 1.82) is 0 Å². The van der Waals surface area contributed by atoms with Crippen molar-refractivity contribution >= 4 is 17.4 Å². The van der Waals surface area contributed by atoms with Gasteiger partial charge in [0.2, 0.25) is 11.8 Å². The summed E-state index contributed by atoms with van der Waals surface area (Å²) in [4.78, 5) is 28.2. The van der Waals surface area contributed by atoms with Crippen LogP contribution in [0.5, 0.6) is 0 Å². The van der Waals surface area contributed by atoms with Crippen LogP contribution in [0.2, 0.25) is 0 Å². The summed E-state index contributed by atoms with van der Waals surface area (Å²) in [6.45, 7) is 5.06. The number of rotatable bonds is 11. The molecular formula is C34H49N3O3. The maximum Gasteiger partial charge on any atom is 0.243 e. The maximum atomic E-state index is 12.7. The number of amides is 2. The lowest BCUT2D eigenvalue weighted by Crippen LogP contribution is -2.51. The predicted molar refractivity (Wildman–Crippen MR) is 158 cm³/mol. The van der Waals surface area contributed by atoms with E-state index in [9.17, 15) is 9.59 Å². The van der Waals surface area contributed by atoms with E-state index < -0.39 is 0 Å². The molecule has 1 heterocycles. The smallest absolute Gasteiger partial charge is 0.243 e. The summed E-state index contributed by atoms with van der Waals surface area (Å²) >= 11 is 0. The second kappa shape index (κ2) is 12.6. The minimum absolute atomic E-state index is 0.205. The van der Waals surface area contributed by atoms with Gasteiger partial charge in [-0.2, -0.15) is 0 Å². The molecule has 0 saturated heterocycles. The summed E-state index contributed by atoms with van der Waals surface area (Å²) in [5, 5.41) is 11.9. The number of carbonyl (C=O) groups is 2. The highest BCUT2D eigenvalue weighted by Gasteiger charge is 2.56. The maximum absolute atomic E-state index is 12.7. The molecular weight excluding hydrogens is 498 g/mol. The fourth-order valence-electron chi connectivity index (χ4n) is 8.96. The Morgan fingerprint density at radius 1 is 0.925 bits per heavy atom. The average molecular weight is 548 g/mol. The normalized spacial score (nSPS) is 32.7. The molecule has 6 heteroatoms. The number of pyridine rings is 1. The van der Waals surface area contributed by atoms with Crippen molar-refractivity contribution in [2.75, 3.05) is 0 Å². The van der Waals surface area contributed by atoms with Crippen LogP contribution < -0.4 is 10.8 Å². The van der Waals surface area contributed by atoms with Crippen LogP contribution >= 0.6 is 0 Å². The van der Waals surface area contributed by atoms with E-state index in [1.54, 1.807) is 11.1 Å². The van der Waals surface area contributed by atoms with Crippen molar-refractivity contribution in [2.24, 2.45) is 28.6 Å². The van der Waals surface area contributed by atoms with E-state index in [0.717, 1.165) is 63.2 Å². The Labute approximate surface area is 240 Å². The third-order valence-electron chi connectivity index (χ3n) is 11.2. The number of hydroxylamine groups is 1. The first-order valence-corrected chi connectivity index (χ1v) is 15.9. The molecule has 2 saturated carbocycles. The molecule has 1 aromatic heterocycles. The van der Waals surface area contributed by atoms with E-state index in [1.165, 1.54) is 43.2 Å². The molecule has 2 fully saturated rings. The Bertz CT molecular complexity index is 1110. The summed E-state index contributed by atoms with van der Waals surface area (Å²) in [5.41, 5.74) is 6.67. The van der Waals surface area contributed by atoms with Crippen molar-refractivity contribution in [3.05, 3.63) is 47.8 Å². The van der Waals surface area contributed by atoms with Gasteiger partial charge >= 0.3 is 0 Å². The van der Waals surface area contributed by atoms with Crippen LogP contribution in [0, 0.1) is 28.6 Å². The number of hydrogen-bond acceptors (Lipinski definition) is 4. The molecule has 0 aromatic carbocycles. The van der Waals surface area contributed by atoms with E-state index in [-0.39, 0.29) is 28.7 Å². The third kappa shape index (κ3) is 5.93. The van der Waals surface area contributed by atoms with Gasteiger partial charge in [0.15, 0.2) is 0 Å². The zero-order chi connectivity index (χ0) is 28.2. The molecule has 5 rings (SSSR count). The second-order valence-corrected chi connectivity index (χ2v) is 13.5. The van der Waals surface area contributed by atoms with E-state index >= 15 is 0 Å². The average Bonchev–Trinajstić information content (AvgIpc) is 3.32. The van der Waals surface area contributed by atoms with Gasteiger partial charge in [-0.1, -0.05) is 63.3 Å². The van der Waals surface area contributed by atoms with E-state index in [0.29, 0.717) is 18.8 Å². The number of unbranched alkanes of at least 4 members (excludes halogenated alkanes) is 5. The van der Waals surface area contributed by atoms with Crippen LogP contribution in [0.1, 0.15) is 116 Å². The molecule has 1 aromatic rings. The predicted octanol–water partition coefficient (Wildman–Crippen LogP) is 7.15. The van der Waals surface area contributed by atoms with Gasteiger partial charge in [-0.05, 0) is 104 Å². The molecule has 6 nitrogen and oxygen atoms in total. The summed E-state index contributed by atoms with van der Waals surface area (Å²) < 4.78 is 0. The molecule has 218 valence electrons. The van der Waals surface area contributed by atoms with E-state index in [2.05, 4.69) is 48.4 Å². The van der Waals surface area contributed by atoms with E-state index in [4.69, 9.17) is 5.21 Å². The summed E-state index contributed by atoms with van der Waals surface area (Å²) in [5.74, 6) is 2.11. The van der Waals surface area contributed by atoms with Crippen LogP contribution in [0.25, 0.3) is 5.57 Å². The highest BCUT2D eigenvalue weighted by atomic mass is 16.5. The number of aromatic nitrogens is 1. The van der Waals surface area contributed by atoms with Crippen LogP contribution in [0.3, 0.4) is 0 Å². The third-order valence-corrected chi connectivity index (χ3v) is 11.2. The van der Waals surface area contributed by atoms with Gasteiger partial charge in [0, 0.05) is 31.3 Å². The first-order chi connectivity index (χ1) is 19.3. The largest absolute Gasteiger partial charge is 0.353 e. The number of fused-ring (bicyclic) bond motifs is 5. The standard InChI is InChI=1S/C34H49N3O3/c1-33-19-17-26(36-31(38)11-7-5-3-4-6-8-12-32(39)37-40)22-25(33)13-14-27-29-16-15-28(24-10-9-21-35-23-24)34(29,2)20-18-30(27)33/h9-10,13,15,21,23,26-27,29-30,40H,3-8,11-12,14,16-20,22H2,1-2H3,(H,36,38)(H,37,39)/t26-,27-,29-,30-,33-,34+/m0/s1. The van der Waals surface area contributed by atoms with Gasteiger partial charge in [-0.3, -0.25) is 19.8 Å². The molecule has 4 aliphatic rings. The topological polar surface area (TPSA) is 91.3 Å². The van der Waals surface area contributed by atoms with E-state index in [1.807, 2.05) is 12.4 Å². The first-order valence-electron chi connectivity index (χ1n) is 15.9. The van der Waals surface area contributed by atoms with Crippen molar-refractivity contribution in [2.45, 2.75) is 116 Å². The molecule has 0 aliphatic heterocycles. The lowest BCUT2D eigenvalue weighted by atomic mass is 9.47. The molecule has 6 atom stereocenters. The number of nitrogens with zero attached hydrogens (tertiary/aromatic N) is 1. The zero-order valence-corrected chi connectivity index (χ0v) is 24.6. The van der Waals surface area contributed by atoms with Crippen LogP contribution in [-0.4, -0.2) is 28.0 Å². The first kappa shape index (κ1) is 29.0. The minimum Gasteiger partial charge on any atom is -0.353 e. The molecule has 0 radical (unpaired) electrons. The summed E-state index contributed by atoms with van der Waals surface area (Å²) in [6, 6.07) is 4.58. The van der Waals surface area contributed by atoms with Gasteiger partial charge in [-0.15, -0.1) is 0 Å². The summed E-state index contributed by atoms with van der Waals surface area (Å²) in [6.07, 6.45) is 24.2. The van der Waals surface area contributed by atoms with Gasteiger partial charge in [0.05, 0.1) is 0 Å². The number of nitrogens with one attached hydrogen (secondary N) is 2. The summed E-state index contributed by atoms with van der Waals surface area (Å²) in [7, 11) is 0. The molecule has 0 spiro atoms. The minimum atomic E-state index is -0.313. The van der Waals surface area contributed by atoms with Crippen molar-refractivity contribution in [3.8, 4) is 0 Å². The molecule has 4 aliphatic carbocycles. The monoisotopic (exact) mass is 547 g/mol. The highest BCUT2D eigenvalue weighted by molar-refractivity contribution is 5.76.